The van der Waals surface area contributed by atoms with Crippen molar-refractivity contribution in [1.82, 2.24) is 9.88 Å². The number of benzene rings is 1. The van der Waals surface area contributed by atoms with Crippen LogP contribution < -0.4 is 10.2 Å². The fourth-order valence-corrected chi connectivity index (χ4v) is 5.24. The van der Waals surface area contributed by atoms with Crippen LogP contribution in [0.25, 0.3) is 0 Å². The number of pyridine rings is 1. The number of hydrogen-bond acceptors (Lipinski definition) is 7. The van der Waals surface area contributed by atoms with Crippen molar-refractivity contribution in [3.05, 3.63) is 57.2 Å². The van der Waals surface area contributed by atoms with Crippen LogP contribution in [-0.4, -0.2) is 65.2 Å². The minimum atomic E-state index is -4.79. The van der Waals surface area contributed by atoms with E-state index in [4.69, 9.17) is 28.6 Å². The molecule has 0 atom stereocenters. The van der Waals surface area contributed by atoms with E-state index in [0.717, 1.165) is 74.8 Å². The number of aromatic nitrogens is 1. The molecule has 0 spiro atoms. The third-order valence-corrected chi connectivity index (χ3v) is 7.56. The summed E-state index contributed by atoms with van der Waals surface area (Å²) >= 11 is 11.5. The largest absolute Gasteiger partial charge is 0.423 e. The van der Waals surface area contributed by atoms with E-state index in [1.807, 2.05) is 12.1 Å². The lowest BCUT2D eigenvalue weighted by Gasteiger charge is -2.37. The second-order valence-electron chi connectivity index (χ2n) is 9.57. The highest BCUT2D eigenvalue weighted by atomic mass is 35.5. The van der Waals surface area contributed by atoms with Gasteiger partial charge in [0, 0.05) is 56.8 Å². The molecule has 0 unspecified atom stereocenters. The van der Waals surface area contributed by atoms with Crippen molar-refractivity contribution in [1.29, 1.82) is 0 Å². The lowest BCUT2D eigenvalue weighted by molar-refractivity contribution is -0.388. The number of nitrogens with zero attached hydrogens (tertiary/aromatic N) is 4. The minimum Gasteiger partial charge on any atom is -0.382 e. The van der Waals surface area contributed by atoms with Crippen LogP contribution in [0.5, 0.6) is 0 Å². The molecule has 1 aliphatic heterocycles. The van der Waals surface area contributed by atoms with Gasteiger partial charge < -0.3 is 19.9 Å². The Morgan fingerprint density at radius 2 is 1.87 bits per heavy atom. The number of thiocarbonyl (C=S) groups is 1. The SMILES string of the molecule is O=[N+]([O-])c1ccc(NC2CCC(COCC(=S)N3CCN(c4ccc(Cl)cn4)CC3)CC2)cc1C(F)(F)F. The Labute approximate surface area is 229 Å². The lowest BCUT2D eigenvalue weighted by atomic mass is 9.86. The fraction of sp³-hybridized carbons (Fsp3) is 0.520. The van der Waals surface area contributed by atoms with Gasteiger partial charge in [0.2, 0.25) is 0 Å². The molecule has 38 heavy (non-hydrogen) atoms. The first-order valence-electron chi connectivity index (χ1n) is 12.4. The molecule has 0 radical (unpaired) electrons. The number of anilines is 2. The van der Waals surface area contributed by atoms with Crippen molar-refractivity contribution in [2.24, 2.45) is 5.92 Å². The summed E-state index contributed by atoms with van der Waals surface area (Å²) in [6, 6.07) is 6.80. The Bertz CT molecular complexity index is 1120. The van der Waals surface area contributed by atoms with Crippen LogP contribution in [0.1, 0.15) is 31.2 Å². The molecule has 1 aromatic carbocycles. The van der Waals surface area contributed by atoms with Gasteiger partial charge >= 0.3 is 6.18 Å². The van der Waals surface area contributed by atoms with E-state index in [9.17, 15) is 23.3 Å². The van der Waals surface area contributed by atoms with Gasteiger partial charge in [0.05, 0.1) is 16.6 Å². The maximum absolute atomic E-state index is 13.2. The molecule has 2 aliphatic rings. The van der Waals surface area contributed by atoms with Gasteiger partial charge in [-0.05, 0) is 55.9 Å². The van der Waals surface area contributed by atoms with Gasteiger partial charge in [0.25, 0.3) is 5.69 Å². The summed E-state index contributed by atoms with van der Waals surface area (Å²) < 4.78 is 45.7. The Balaban J connectivity index is 1.16. The molecule has 2 aromatic rings. The van der Waals surface area contributed by atoms with Crippen LogP contribution in [0, 0.1) is 16.0 Å². The summed E-state index contributed by atoms with van der Waals surface area (Å²) in [7, 11) is 0. The van der Waals surface area contributed by atoms with Crippen molar-refractivity contribution < 1.29 is 22.8 Å². The van der Waals surface area contributed by atoms with Crippen molar-refractivity contribution in [2.75, 3.05) is 49.6 Å². The number of rotatable bonds is 8. The number of nitro groups is 1. The number of piperazine rings is 1. The molecule has 1 aromatic heterocycles. The van der Waals surface area contributed by atoms with Crippen molar-refractivity contribution in [2.45, 2.75) is 37.9 Å². The molecule has 4 rings (SSSR count). The third kappa shape index (κ3) is 7.45. The molecule has 1 N–H and O–H groups in total. The summed E-state index contributed by atoms with van der Waals surface area (Å²) in [6.07, 6.45) is 0.142. The van der Waals surface area contributed by atoms with E-state index in [-0.39, 0.29) is 11.7 Å². The molecule has 8 nitrogen and oxygen atoms in total. The van der Waals surface area contributed by atoms with Gasteiger partial charge in [0.15, 0.2) is 0 Å². The van der Waals surface area contributed by atoms with E-state index in [0.29, 0.717) is 24.2 Å². The van der Waals surface area contributed by atoms with Crippen molar-refractivity contribution in [3.8, 4) is 0 Å². The molecular formula is C25H29ClF3N5O3S. The number of nitrogens with one attached hydrogen (secondary N) is 1. The zero-order chi connectivity index (χ0) is 27.3. The Morgan fingerprint density at radius 3 is 2.47 bits per heavy atom. The molecular weight excluding hydrogens is 543 g/mol. The first-order chi connectivity index (χ1) is 18.1. The maximum Gasteiger partial charge on any atom is 0.423 e. The van der Waals surface area contributed by atoms with Gasteiger partial charge in [-0.2, -0.15) is 13.2 Å². The maximum atomic E-state index is 13.2. The van der Waals surface area contributed by atoms with E-state index in [2.05, 4.69) is 20.1 Å². The zero-order valence-corrected chi connectivity index (χ0v) is 22.2. The van der Waals surface area contributed by atoms with Gasteiger partial charge in [-0.15, -0.1) is 0 Å². The first kappa shape index (κ1) is 28.3. The highest BCUT2D eigenvalue weighted by Crippen LogP contribution is 2.38. The Hall–Kier alpha value is -2.70. The quantitative estimate of drug-likeness (QED) is 0.242. The smallest absolute Gasteiger partial charge is 0.382 e. The van der Waals surface area contributed by atoms with E-state index < -0.39 is 22.4 Å². The third-order valence-electron chi connectivity index (χ3n) is 6.96. The Morgan fingerprint density at radius 1 is 1.16 bits per heavy atom. The second-order valence-corrected chi connectivity index (χ2v) is 10.5. The van der Waals surface area contributed by atoms with Crippen LogP contribution in [0.2, 0.25) is 5.02 Å². The summed E-state index contributed by atoms with van der Waals surface area (Å²) in [6.45, 7) is 4.17. The Kier molecular flexibility index (Phi) is 9.27. The van der Waals surface area contributed by atoms with Crippen molar-refractivity contribution in [3.63, 3.8) is 0 Å². The molecule has 206 valence electrons. The molecule has 13 heteroatoms. The predicted octanol–water partition coefficient (Wildman–Crippen LogP) is 5.80. The van der Waals surface area contributed by atoms with Crippen LogP contribution >= 0.6 is 23.8 Å². The van der Waals surface area contributed by atoms with E-state index in [1.165, 1.54) is 6.07 Å². The first-order valence-corrected chi connectivity index (χ1v) is 13.2. The highest BCUT2D eigenvalue weighted by molar-refractivity contribution is 7.80. The number of halogens is 4. The average Bonchev–Trinajstić information content (AvgIpc) is 2.89. The van der Waals surface area contributed by atoms with E-state index in [1.54, 1.807) is 6.20 Å². The summed E-state index contributed by atoms with van der Waals surface area (Å²) in [5, 5.41) is 14.7. The monoisotopic (exact) mass is 571 g/mol. The summed E-state index contributed by atoms with van der Waals surface area (Å²) in [4.78, 5) is 19.4. The zero-order valence-electron chi connectivity index (χ0n) is 20.6. The molecule has 1 saturated heterocycles. The van der Waals surface area contributed by atoms with Crippen LogP contribution in [0.3, 0.4) is 0 Å². The predicted molar refractivity (Wildman–Crippen MR) is 144 cm³/mol. The van der Waals surface area contributed by atoms with Gasteiger partial charge in [-0.1, -0.05) is 23.8 Å². The topological polar surface area (TPSA) is 83.8 Å². The van der Waals surface area contributed by atoms with Crippen LogP contribution in [-0.2, 0) is 10.9 Å². The highest BCUT2D eigenvalue weighted by Gasteiger charge is 2.38. The van der Waals surface area contributed by atoms with E-state index >= 15 is 0 Å². The number of hydrogen-bond donors (Lipinski definition) is 1. The van der Waals surface area contributed by atoms with Crippen LogP contribution in [0.15, 0.2) is 36.5 Å². The number of ether oxygens (including phenoxy) is 1. The fourth-order valence-electron chi connectivity index (χ4n) is 4.87. The molecule has 1 aliphatic carbocycles. The normalized spacial score (nSPS) is 20.3. The lowest BCUT2D eigenvalue weighted by Crippen LogP contribution is -2.49. The van der Waals surface area contributed by atoms with Gasteiger partial charge in [-0.25, -0.2) is 4.98 Å². The standard InChI is InChI=1S/C25H29ClF3N5O3S/c26-18-3-8-23(30-14-18)32-9-11-33(12-10-32)24(38)16-37-15-17-1-4-19(5-2-17)31-20-6-7-22(34(35)36)21(13-20)25(27,28)29/h3,6-8,13-14,17,19,31H,1-2,4-5,9-12,15-16H2. The molecule has 0 bridgehead atoms. The van der Waals surface area contributed by atoms with Gasteiger partial charge in [-0.3, -0.25) is 10.1 Å². The molecule has 0 amide bonds. The summed E-state index contributed by atoms with van der Waals surface area (Å²) in [5.41, 5.74) is -1.95. The summed E-state index contributed by atoms with van der Waals surface area (Å²) in [5.74, 6) is 1.25. The molecule has 1 saturated carbocycles. The molecule has 2 fully saturated rings. The second kappa shape index (κ2) is 12.4. The van der Waals surface area contributed by atoms with Gasteiger partial charge in [0.1, 0.15) is 16.4 Å². The minimum absolute atomic E-state index is 0.00120. The van der Waals surface area contributed by atoms with Crippen molar-refractivity contribution >= 4 is 46.0 Å². The van der Waals surface area contributed by atoms with Crippen LogP contribution in [0.4, 0.5) is 30.4 Å². The average molecular weight is 572 g/mol. The molecule has 2 heterocycles. The number of alkyl halides is 3. The number of nitro benzene ring substituents is 1.